The van der Waals surface area contributed by atoms with Crippen LogP contribution in [0.5, 0.6) is 0 Å². The lowest BCUT2D eigenvalue weighted by atomic mass is 9.93. The molecule has 1 unspecified atom stereocenters. The quantitative estimate of drug-likeness (QED) is 0.656. The lowest BCUT2D eigenvalue weighted by Gasteiger charge is -2.16. The van der Waals surface area contributed by atoms with Gasteiger partial charge in [0.25, 0.3) is 0 Å². The molecule has 4 N–H and O–H groups in total. The Balaban J connectivity index is 2.35. The predicted molar refractivity (Wildman–Crippen MR) is 78.8 cm³/mol. The number of rotatable bonds is 4. The van der Waals surface area contributed by atoms with Gasteiger partial charge in [-0.15, -0.1) is 0 Å². The van der Waals surface area contributed by atoms with Crippen LogP contribution in [0.15, 0.2) is 48.5 Å². The summed E-state index contributed by atoms with van der Waals surface area (Å²) < 4.78 is 11.1. The van der Waals surface area contributed by atoms with Gasteiger partial charge in [0.2, 0.25) is 0 Å². The molecule has 0 aliphatic carbocycles. The van der Waals surface area contributed by atoms with E-state index < -0.39 is 8.46 Å². The minimum Gasteiger partial charge on any atom is -0.399 e. The third kappa shape index (κ3) is 2.93. The Morgan fingerprint density at radius 1 is 0.833 bits per heavy atom. The molecule has 0 saturated heterocycles. The number of nitrogens with two attached hydrogens (primary N) is 2. The zero-order valence-corrected chi connectivity index (χ0v) is 11.2. The van der Waals surface area contributed by atoms with Crippen molar-refractivity contribution in [1.29, 1.82) is 0 Å². The first-order chi connectivity index (χ1) is 8.70. The molecule has 18 heavy (non-hydrogen) atoms. The van der Waals surface area contributed by atoms with E-state index in [1.165, 1.54) is 0 Å². The minimum absolute atomic E-state index is 0.152. The molecule has 4 heteroatoms. The maximum atomic E-state index is 11.1. The Kier molecular flexibility index (Phi) is 4.06. The molecular formula is C14H17N2OP. The molecule has 0 amide bonds. The fourth-order valence-electron chi connectivity index (χ4n) is 2.02. The average molecular weight is 260 g/mol. The van der Waals surface area contributed by atoms with Crippen LogP contribution in [0.1, 0.15) is 17.0 Å². The van der Waals surface area contributed by atoms with Gasteiger partial charge in [-0.1, -0.05) is 24.3 Å². The van der Waals surface area contributed by atoms with Gasteiger partial charge in [-0.05, 0) is 35.4 Å². The van der Waals surface area contributed by atoms with Crippen molar-refractivity contribution in [2.24, 2.45) is 0 Å². The van der Waals surface area contributed by atoms with Crippen LogP contribution in [0.25, 0.3) is 0 Å². The molecule has 3 nitrogen and oxygen atoms in total. The van der Waals surface area contributed by atoms with Crippen LogP contribution < -0.4 is 11.5 Å². The predicted octanol–water partition coefficient (Wildman–Crippen LogP) is 2.74. The van der Waals surface area contributed by atoms with Gasteiger partial charge in [-0.3, -0.25) is 0 Å². The molecule has 2 aromatic rings. The summed E-state index contributed by atoms with van der Waals surface area (Å²) >= 11 is 0. The van der Waals surface area contributed by atoms with E-state index >= 15 is 0 Å². The maximum Gasteiger partial charge on any atom is 0.0654 e. The molecule has 0 bridgehead atoms. The summed E-state index contributed by atoms with van der Waals surface area (Å²) in [6, 6.07) is 15.5. The van der Waals surface area contributed by atoms with Gasteiger partial charge in [0.05, 0.1) is 8.46 Å². The second kappa shape index (κ2) is 5.74. The van der Waals surface area contributed by atoms with Crippen LogP contribution >= 0.6 is 8.46 Å². The van der Waals surface area contributed by atoms with Gasteiger partial charge in [-0.2, -0.15) is 0 Å². The molecular weight excluding hydrogens is 243 g/mol. The Labute approximate surface area is 108 Å². The normalized spacial score (nSPS) is 11.4. The molecule has 94 valence electrons. The Hall–Kier alpha value is -1.73. The summed E-state index contributed by atoms with van der Waals surface area (Å²) in [4.78, 5) is 0. The van der Waals surface area contributed by atoms with Crippen LogP contribution in [-0.2, 0) is 4.57 Å². The van der Waals surface area contributed by atoms with E-state index in [-0.39, 0.29) is 5.92 Å². The third-order valence-electron chi connectivity index (χ3n) is 3.01. The van der Waals surface area contributed by atoms with Crippen molar-refractivity contribution in [3.05, 3.63) is 59.7 Å². The molecule has 0 saturated carbocycles. The summed E-state index contributed by atoms with van der Waals surface area (Å²) in [7, 11) is -0.791. The minimum atomic E-state index is -0.791. The van der Waals surface area contributed by atoms with Crippen LogP contribution in [0, 0.1) is 0 Å². The molecule has 0 aliphatic rings. The second-order valence-electron chi connectivity index (χ2n) is 4.29. The summed E-state index contributed by atoms with van der Waals surface area (Å²) in [5.41, 5.74) is 15.1. The van der Waals surface area contributed by atoms with E-state index in [4.69, 9.17) is 11.5 Å². The first kappa shape index (κ1) is 12.7. The van der Waals surface area contributed by atoms with E-state index in [9.17, 15) is 4.57 Å². The van der Waals surface area contributed by atoms with Gasteiger partial charge in [0.15, 0.2) is 0 Å². The first-order valence-corrected chi connectivity index (χ1v) is 7.14. The molecule has 0 fully saturated rings. The molecule has 2 rings (SSSR count). The third-order valence-corrected chi connectivity index (χ3v) is 3.67. The SMILES string of the molecule is Nc1ccc(C(C[PH2]=O)c2ccc(N)cc2)cc1. The van der Waals surface area contributed by atoms with Crippen LogP contribution in [0.3, 0.4) is 0 Å². The summed E-state index contributed by atoms with van der Waals surface area (Å²) in [6.07, 6.45) is 0.661. The zero-order chi connectivity index (χ0) is 13.0. The van der Waals surface area contributed by atoms with Gasteiger partial charge in [0.1, 0.15) is 0 Å². The molecule has 0 aromatic heterocycles. The topological polar surface area (TPSA) is 69.1 Å². The summed E-state index contributed by atoms with van der Waals surface area (Å²) in [6.45, 7) is 0. The standard InChI is InChI=1S/C14H17N2OP/c15-12-5-1-10(2-6-12)14(9-18-17)11-3-7-13(16)8-4-11/h1-8,14H,9,15-16,18H2. The van der Waals surface area contributed by atoms with Crippen molar-refractivity contribution in [3.8, 4) is 0 Å². The van der Waals surface area contributed by atoms with Crippen LogP contribution in [-0.4, -0.2) is 6.16 Å². The van der Waals surface area contributed by atoms with E-state index in [1.54, 1.807) is 0 Å². The van der Waals surface area contributed by atoms with Gasteiger partial charge < -0.3 is 16.0 Å². The number of benzene rings is 2. The smallest absolute Gasteiger partial charge is 0.0654 e. The van der Waals surface area contributed by atoms with E-state index in [1.807, 2.05) is 48.5 Å². The molecule has 0 heterocycles. The van der Waals surface area contributed by atoms with E-state index in [0.717, 1.165) is 22.5 Å². The Bertz CT molecular complexity index is 477. The average Bonchev–Trinajstić information content (AvgIpc) is 2.39. The fraction of sp³-hybridized carbons (Fsp3) is 0.143. The molecule has 0 aliphatic heterocycles. The van der Waals surface area contributed by atoms with Crippen LogP contribution in [0.2, 0.25) is 0 Å². The Morgan fingerprint density at radius 2 is 1.22 bits per heavy atom. The number of hydrogen-bond donors (Lipinski definition) is 2. The van der Waals surface area contributed by atoms with Gasteiger partial charge >= 0.3 is 0 Å². The van der Waals surface area contributed by atoms with E-state index in [0.29, 0.717) is 6.16 Å². The van der Waals surface area contributed by atoms with Crippen LogP contribution in [0.4, 0.5) is 11.4 Å². The summed E-state index contributed by atoms with van der Waals surface area (Å²) in [5, 5.41) is 0. The molecule has 2 aromatic carbocycles. The van der Waals surface area contributed by atoms with Crippen molar-refractivity contribution in [1.82, 2.24) is 0 Å². The van der Waals surface area contributed by atoms with Crippen molar-refractivity contribution >= 4 is 19.8 Å². The largest absolute Gasteiger partial charge is 0.399 e. The molecule has 1 atom stereocenters. The number of hydrogen-bond acceptors (Lipinski definition) is 3. The molecule has 0 radical (unpaired) electrons. The maximum absolute atomic E-state index is 11.1. The van der Waals surface area contributed by atoms with Gasteiger partial charge in [-0.25, -0.2) is 0 Å². The van der Waals surface area contributed by atoms with E-state index in [2.05, 4.69) is 0 Å². The first-order valence-electron chi connectivity index (χ1n) is 5.85. The monoisotopic (exact) mass is 260 g/mol. The van der Waals surface area contributed by atoms with Gasteiger partial charge in [0, 0.05) is 23.5 Å². The highest BCUT2D eigenvalue weighted by Crippen LogP contribution is 2.28. The number of nitrogen functional groups attached to an aromatic ring is 2. The van der Waals surface area contributed by atoms with Crippen molar-refractivity contribution in [3.63, 3.8) is 0 Å². The lowest BCUT2D eigenvalue weighted by molar-refractivity contribution is 0.596. The molecule has 0 spiro atoms. The number of anilines is 2. The zero-order valence-electron chi connectivity index (χ0n) is 10.0. The highest BCUT2D eigenvalue weighted by atomic mass is 31.1. The Morgan fingerprint density at radius 3 is 1.56 bits per heavy atom. The fourth-order valence-corrected chi connectivity index (χ4v) is 2.75. The summed E-state index contributed by atoms with van der Waals surface area (Å²) in [5.74, 6) is 0.152. The van der Waals surface area contributed by atoms with Crippen molar-refractivity contribution in [2.75, 3.05) is 17.6 Å². The highest BCUT2D eigenvalue weighted by molar-refractivity contribution is 7.23. The lowest BCUT2D eigenvalue weighted by Crippen LogP contribution is -2.03. The highest BCUT2D eigenvalue weighted by Gasteiger charge is 2.13. The van der Waals surface area contributed by atoms with Crippen molar-refractivity contribution < 1.29 is 4.57 Å². The van der Waals surface area contributed by atoms with Crippen molar-refractivity contribution in [2.45, 2.75) is 5.92 Å². The second-order valence-corrected chi connectivity index (χ2v) is 5.09.